The molecule has 28 heavy (non-hydrogen) atoms. The predicted molar refractivity (Wildman–Crippen MR) is 115 cm³/mol. The van der Waals surface area contributed by atoms with Crippen LogP contribution in [0.3, 0.4) is 0 Å². The van der Waals surface area contributed by atoms with Gasteiger partial charge in [-0.2, -0.15) is 0 Å². The Labute approximate surface area is 169 Å². The standard InChI is InChI=1S/C22H35N5O/c1-4-23-22(25-19-11-14-27(15-12-19)20-8-9-20)24-13-10-17-6-5-7-18(16-17)21(28)26(2)3/h5-7,16,19-20H,4,8-15H2,1-3H3,(H2,23,24,25). The number of aliphatic imine (C=N–C) groups is 1. The minimum Gasteiger partial charge on any atom is -0.357 e. The highest BCUT2D eigenvalue weighted by atomic mass is 16.2. The van der Waals surface area contributed by atoms with Gasteiger partial charge in [-0.1, -0.05) is 12.1 Å². The van der Waals surface area contributed by atoms with E-state index in [1.807, 2.05) is 18.2 Å². The fourth-order valence-electron chi connectivity index (χ4n) is 3.78. The van der Waals surface area contributed by atoms with E-state index in [2.05, 4.69) is 28.5 Å². The van der Waals surface area contributed by atoms with Crippen LogP contribution >= 0.6 is 0 Å². The number of likely N-dealkylation sites (tertiary alicyclic amines) is 1. The van der Waals surface area contributed by atoms with Crippen LogP contribution in [0.5, 0.6) is 0 Å². The molecule has 1 saturated heterocycles. The highest BCUT2D eigenvalue weighted by molar-refractivity contribution is 5.94. The van der Waals surface area contributed by atoms with E-state index in [4.69, 9.17) is 4.99 Å². The van der Waals surface area contributed by atoms with Crippen LogP contribution in [-0.4, -0.2) is 74.0 Å². The molecule has 154 valence electrons. The Bertz CT molecular complexity index is 675. The van der Waals surface area contributed by atoms with Gasteiger partial charge in [0, 0.05) is 57.9 Å². The number of carbonyl (C=O) groups excluding carboxylic acids is 1. The molecule has 6 heteroatoms. The zero-order valence-corrected chi connectivity index (χ0v) is 17.6. The largest absolute Gasteiger partial charge is 0.357 e. The molecule has 1 amide bonds. The number of nitrogens with zero attached hydrogens (tertiary/aromatic N) is 3. The summed E-state index contributed by atoms with van der Waals surface area (Å²) in [4.78, 5) is 21.1. The molecule has 6 nitrogen and oxygen atoms in total. The second-order valence-electron chi connectivity index (χ2n) is 8.10. The van der Waals surface area contributed by atoms with Crippen molar-refractivity contribution in [2.45, 2.75) is 51.1 Å². The molecule has 1 aliphatic carbocycles. The Hall–Kier alpha value is -2.08. The third kappa shape index (κ3) is 5.96. The maximum Gasteiger partial charge on any atom is 0.253 e. The Balaban J connectivity index is 1.50. The lowest BCUT2D eigenvalue weighted by Crippen LogP contribution is -2.49. The molecule has 1 aliphatic heterocycles. The van der Waals surface area contributed by atoms with Gasteiger partial charge < -0.3 is 20.4 Å². The summed E-state index contributed by atoms with van der Waals surface area (Å²) in [5, 5.41) is 6.99. The highest BCUT2D eigenvalue weighted by Gasteiger charge is 2.31. The lowest BCUT2D eigenvalue weighted by atomic mass is 10.1. The summed E-state index contributed by atoms with van der Waals surface area (Å²) >= 11 is 0. The van der Waals surface area contributed by atoms with Gasteiger partial charge in [-0.05, 0) is 56.7 Å². The number of nitrogens with one attached hydrogen (secondary N) is 2. The number of piperidine rings is 1. The maximum atomic E-state index is 12.1. The van der Waals surface area contributed by atoms with Gasteiger partial charge in [0.25, 0.3) is 5.91 Å². The molecule has 1 aromatic carbocycles. The van der Waals surface area contributed by atoms with Gasteiger partial charge in [0.1, 0.15) is 0 Å². The molecule has 1 heterocycles. The van der Waals surface area contributed by atoms with Crippen molar-refractivity contribution in [1.82, 2.24) is 20.4 Å². The van der Waals surface area contributed by atoms with E-state index < -0.39 is 0 Å². The van der Waals surface area contributed by atoms with Crippen molar-refractivity contribution in [3.63, 3.8) is 0 Å². The summed E-state index contributed by atoms with van der Waals surface area (Å²) in [6.45, 7) is 6.07. The molecule has 0 spiro atoms. The normalized spacial score (nSPS) is 18.8. The first-order valence-corrected chi connectivity index (χ1v) is 10.7. The third-order valence-corrected chi connectivity index (χ3v) is 5.53. The number of rotatable bonds is 7. The van der Waals surface area contributed by atoms with Gasteiger partial charge >= 0.3 is 0 Å². The van der Waals surface area contributed by atoms with E-state index in [1.54, 1.807) is 19.0 Å². The van der Waals surface area contributed by atoms with Crippen molar-refractivity contribution in [3.05, 3.63) is 35.4 Å². The average Bonchev–Trinajstić information content (AvgIpc) is 3.53. The van der Waals surface area contributed by atoms with Crippen LogP contribution in [0.4, 0.5) is 0 Å². The van der Waals surface area contributed by atoms with Gasteiger partial charge in [0.15, 0.2) is 5.96 Å². The summed E-state index contributed by atoms with van der Waals surface area (Å²) in [6.07, 6.45) is 5.99. The summed E-state index contributed by atoms with van der Waals surface area (Å²) in [5.41, 5.74) is 1.88. The van der Waals surface area contributed by atoms with Crippen molar-refractivity contribution in [3.8, 4) is 0 Å². The molecule has 1 aromatic rings. The fraction of sp³-hybridized carbons (Fsp3) is 0.636. The first-order valence-electron chi connectivity index (χ1n) is 10.7. The van der Waals surface area contributed by atoms with E-state index in [0.717, 1.165) is 36.1 Å². The first-order chi connectivity index (χ1) is 13.6. The lowest BCUT2D eigenvalue weighted by molar-refractivity contribution is 0.0827. The molecule has 3 rings (SSSR count). The predicted octanol–water partition coefficient (Wildman–Crippen LogP) is 2.11. The van der Waals surface area contributed by atoms with Gasteiger partial charge in [0.2, 0.25) is 0 Å². The number of carbonyl (C=O) groups is 1. The van der Waals surface area contributed by atoms with Crippen molar-refractivity contribution >= 4 is 11.9 Å². The van der Waals surface area contributed by atoms with Gasteiger partial charge in [-0.25, -0.2) is 0 Å². The Morgan fingerprint density at radius 1 is 1.21 bits per heavy atom. The van der Waals surface area contributed by atoms with Crippen LogP contribution in [0.25, 0.3) is 0 Å². The molecule has 0 unspecified atom stereocenters. The molecule has 2 N–H and O–H groups in total. The molecule has 0 radical (unpaired) electrons. The molecule has 0 bridgehead atoms. The molecular formula is C22H35N5O. The smallest absolute Gasteiger partial charge is 0.253 e. The first kappa shape index (κ1) is 20.6. The minimum atomic E-state index is 0.0397. The van der Waals surface area contributed by atoms with E-state index in [1.165, 1.54) is 38.8 Å². The lowest BCUT2D eigenvalue weighted by Gasteiger charge is -2.33. The summed E-state index contributed by atoms with van der Waals surface area (Å²) < 4.78 is 0. The summed E-state index contributed by atoms with van der Waals surface area (Å²) in [5.74, 6) is 0.950. The Morgan fingerprint density at radius 2 is 1.96 bits per heavy atom. The molecule has 1 saturated carbocycles. The molecule has 2 fully saturated rings. The average molecular weight is 386 g/mol. The zero-order valence-electron chi connectivity index (χ0n) is 17.6. The van der Waals surface area contributed by atoms with Crippen LogP contribution < -0.4 is 10.6 Å². The number of amides is 1. The third-order valence-electron chi connectivity index (χ3n) is 5.53. The zero-order chi connectivity index (χ0) is 19.9. The van der Waals surface area contributed by atoms with Gasteiger partial charge in [-0.3, -0.25) is 9.79 Å². The van der Waals surface area contributed by atoms with Crippen molar-refractivity contribution in [2.75, 3.05) is 40.3 Å². The number of hydrogen-bond donors (Lipinski definition) is 2. The second-order valence-corrected chi connectivity index (χ2v) is 8.10. The Morgan fingerprint density at radius 3 is 2.61 bits per heavy atom. The second kappa shape index (κ2) is 9.92. The monoisotopic (exact) mass is 385 g/mol. The van der Waals surface area contributed by atoms with Crippen LogP contribution in [-0.2, 0) is 6.42 Å². The van der Waals surface area contributed by atoms with E-state index >= 15 is 0 Å². The van der Waals surface area contributed by atoms with Crippen molar-refractivity contribution in [2.24, 2.45) is 4.99 Å². The molecule has 0 aromatic heterocycles. The van der Waals surface area contributed by atoms with Crippen molar-refractivity contribution in [1.29, 1.82) is 0 Å². The van der Waals surface area contributed by atoms with Crippen LogP contribution in [0.1, 0.15) is 48.5 Å². The molecule has 0 atom stereocenters. The topological polar surface area (TPSA) is 60.0 Å². The number of hydrogen-bond acceptors (Lipinski definition) is 3. The fourth-order valence-corrected chi connectivity index (χ4v) is 3.78. The van der Waals surface area contributed by atoms with E-state index in [0.29, 0.717) is 12.6 Å². The quantitative estimate of drug-likeness (QED) is 0.558. The van der Waals surface area contributed by atoms with Crippen LogP contribution in [0.15, 0.2) is 29.3 Å². The molecular weight excluding hydrogens is 350 g/mol. The van der Waals surface area contributed by atoms with Gasteiger partial charge in [0.05, 0.1) is 0 Å². The van der Waals surface area contributed by atoms with Gasteiger partial charge in [-0.15, -0.1) is 0 Å². The number of benzene rings is 1. The Kier molecular flexibility index (Phi) is 7.31. The molecule has 2 aliphatic rings. The maximum absolute atomic E-state index is 12.1. The highest BCUT2D eigenvalue weighted by Crippen LogP contribution is 2.29. The van der Waals surface area contributed by atoms with Crippen LogP contribution in [0.2, 0.25) is 0 Å². The van der Waals surface area contributed by atoms with E-state index in [9.17, 15) is 4.79 Å². The minimum absolute atomic E-state index is 0.0397. The summed E-state index contributed by atoms with van der Waals surface area (Å²) in [7, 11) is 3.56. The van der Waals surface area contributed by atoms with Crippen LogP contribution in [0, 0.1) is 0 Å². The summed E-state index contributed by atoms with van der Waals surface area (Å²) in [6, 6.07) is 9.25. The van der Waals surface area contributed by atoms with Crippen molar-refractivity contribution < 1.29 is 4.79 Å². The van der Waals surface area contributed by atoms with E-state index in [-0.39, 0.29) is 5.91 Å². The SMILES string of the molecule is CCNC(=NCCc1cccc(C(=O)N(C)C)c1)NC1CCN(C2CC2)CC1. The number of guanidine groups is 1.